The molecule has 2 nitrogen and oxygen atoms in total. The highest BCUT2D eigenvalue weighted by atomic mass is 16.3. The molecule has 1 aliphatic rings. The largest absolute Gasteiger partial charge is 0.396 e. The van der Waals surface area contributed by atoms with Crippen molar-refractivity contribution in [3.63, 3.8) is 0 Å². The number of hydrogen-bond donors (Lipinski definition) is 2. The van der Waals surface area contributed by atoms with E-state index in [-0.39, 0.29) is 12.0 Å². The molecule has 2 heteroatoms. The second-order valence-corrected chi connectivity index (χ2v) is 5.06. The molecule has 2 N–H and O–H groups in total. The molecule has 1 unspecified atom stereocenters. The van der Waals surface area contributed by atoms with E-state index in [0.717, 1.165) is 12.5 Å². The molecule has 78 valence electrons. The molecule has 13 heavy (non-hydrogen) atoms. The average molecular weight is 185 g/mol. The molecule has 0 aliphatic heterocycles. The maximum absolute atomic E-state index is 9.09. The van der Waals surface area contributed by atoms with E-state index < -0.39 is 0 Å². The summed E-state index contributed by atoms with van der Waals surface area (Å²) in [5, 5.41) is 12.7. The Morgan fingerprint density at radius 3 is 2.46 bits per heavy atom. The van der Waals surface area contributed by atoms with Crippen molar-refractivity contribution in [3.8, 4) is 0 Å². The number of aliphatic hydroxyl groups is 1. The fourth-order valence-corrected chi connectivity index (χ4v) is 1.61. The van der Waals surface area contributed by atoms with Gasteiger partial charge in [0.2, 0.25) is 0 Å². The van der Waals surface area contributed by atoms with E-state index >= 15 is 0 Å². The zero-order valence-electron chi connectivity index (χ0n) is 9.14. The van der Waals surface area contributed by atoms with Gasteiger partial charge in [0.15, 0.2) is 0 Å². The van der Waals surface area contributed by atoms with Crippen LogP contribution in [0.5, 0.6) is 0 Å². The van der Waals surface area contributed by atoms with Gasteiger partial charge in [-0.2, -0.15) is 0 Å². The van der Waals surface area contributed by atoms with Crippen LogP contribution in [0.15, 0.2) is 0 Å². The molecule has 0 heterocycles. The van der Waals surface area contributed by atoms with Crippen molar-refractivity contribution in [1.82, 2.24) is 5.32 Å². The first kappa shape index (κ1) is 11.0. The summed E-state index contributed by atoms with van der Waals surface area (Å²) in [4.78, 5) is 0. The second kappa shape index (κ2) is 4.43. The van der Waals surface area contributed by atoms with E-state index in [1.165, 1.54) is 19.3 Å². The van der Waals surface area contributed by atoms with Gasteiger partial charge in [0.25, 0.3) is 0 Å². The molecule has 0 bridgehead atoms. The van der Waals surface area contributed by atoms with Gasteiger partial charge in [-0.25, -0.2) is 0 Å². The molecule has 1 saturated carbocycles. The fourth-order valence-electron chi connectivity index (χ4n) is 1.61. The molecule has 1 aliphatic carbocycles. The molecular formula is C11H23NO. The molecular weight excluding hydrogens is 162 g/mol. The summed E-state index contributed by atoms with van der Waals surface area (Å²) in [7, 11) is 0. The lowest BCUT2D eigenvalue weighted by molar-refractivity contribution is 0.151. The van der Waals surface area contributed by atoms with E-state index in [1.54, 1.807) is 0 Å². The molecule has 0 aromatic heterocycles. The van der Waals surface area contributed by atoms with Crippen molar-refractivity contribution in [1.29, 1.82) is 0 Å². The van der Waals surface area contributed by atoms with Gasteiger partial charge in [0.1, 0.15) is 0 Å². The predicted molar refractivity (Wildman–Crippen MR) is 55.7 cm³/mol. The van der Waals surface area contributed by atoms with E-state index in [9.17, 15) is 0 Å². The molecule has 0 aromatic rings. The molecule has 0 spiro atoms. The Hall–Kier alpha value is -0.0800. The summed E-state index contributed by atoms with van der Waals surface area (Å²) in [5.41, 5.74) is 0.0301. The third-order valence-corrected chi connectivity index (χ3v) is 2.90. The number of rotatable bonds is 6. The normalized spacial score (nSPS) is 20.3. The zero-order valence-corrected chi connectivity index (χ0v) is 9.14. The topological polar surface area (TPSA) is 32.3 Å². The average Bonchev–Trinajstić information content (AvgIpc) is 2.89. The van der Waals surface area contributed by atoms with E-state index in [1.807, 2.05) is 0 Å². The van der Waals surface area contributed by atoms with Gasteiger partial charge in [-0.15, -0.1) is 0 Å². The minimum absolute atomic E-state index is 0.0301. The Morgan fingerprint density at radius 1 is 1.46 bits per heavy atom. The van der Waals surface area contributed by atoms with Crippen molar-refractivity contribution in [2.24, 2.45) is 11.3 Å². The van der Waals surface area contributed by atoms with Gasteiger partial charge in [-0.3, -0.25) is 0 Å². The van der Waals surface area contributed by atoms with Crippen LogP contribution < -0.4 is 5.32 Å². The number of nitrogens with one attached hydrogen (secondary N) is 1. The van der Waals surface area contributed by atoms with E-state index in [0.29, 0.717) is 6.04 Å². The van der Waals surface area contributed by atoms with Crippen LogP contribution in [0, 0.1) is 11.3 Å². The molecule has 1 rings (SSSR count). The number of aliphatic hydroxyl groups excluding tert-OH is 1. The summed E-state index contributed by atoms with van der Waals surface area (Å²) >= 11 is 0. The third kappa shape index (κ3) is 3.65. The Morgan fingerprint density at radius 2 is 2.08 bits per heavy atom. The first-order chi connectivity index (χ1) is 6.09. The van der Waals surface area contributed by atoms with Crippen molar-refractivity contribution in [2.45, 2.75) is 46.1 Å². The fraction of sp³-hybridized carbons (Fsp3) is 1.00. The lowest BCUT2D eigenvalue weighted by atomic mass is 9.94. The minimum atomic E-state index is 0.0301. The lowest BCUT2D eigenvalue weighted by Crippen LogP contribution is -2.39. The standard InChI is InChI=1S/C11H23NO/c1-4-10(9-5-6-9)12-7-11(2,3)8-13/h9-10,12-13H,4-8H2,1-3H3. The summed E-state index contributed by atoms with van der Waals surface area (Å²) in [6.45, 7) is 7.63. The van der Waals surface area contributed by atoms with Gasteiger partial charge < -0.3 is 10.4 Å². The highest BCUT2D eigenvalue weighted by molar-refractivity contribution is 4.86. The monoisotopic (exact) mass is 185 g/mol. The SMILES string of the molecule is CCC(NCC(C)(C)CO)C1CC1. The summed E-state index contributed by atoms with van der Waals surface area (Å²) in [5.74, 6) is 0.916. The lowest BCUT2D eigenvalue weighted by Gasteiger charge is -2.26. The molecule has 1 atom stereocenters. The van der Waals surface area contributed by atoms with Crippen LogP contribution in [0.25, 0.3) is 0 Å². The van der Waals surface area contributed by atoms with Crippen molar-refractivity contribution < 1.29 is 5.11 Å². The minimum Gasteiger partial charge on any atom is -0.396 e. The van der Waals surface area contributed by atoms with Crippen molar-refractivity contribution >= 4 is 0 Å². The first-order valence-corrected chi connectivity index (χ1v) is 5.43. The van der Waals surface area contributed by atoms with Gasteiger partial charge in [-0.1, -0.05) is 20.8 Å². The highest BCUT2D eigenvalue weighted by Crippen LogP contribution is 2.34. The van der Waals surface area contributed by atoms with Crippen LogP contribution in [0.3, 0.4) is 0 Å². The van der Waals surface area contributed by atoms with Gasteiger partial charge in [0.05, 0.1) is 0 Å². The molecule has 1 fully saturated rings. The van der Waals surface area contributed by atoms with Crippen LogP contribution in [-0.4, -0.2) is 24.3 Å². The Kier molecular flexibility index (Phi) is 3.74. The van der Waals surface area contributed by atoms with Gasteiger partial charge in [0, 0.05) is 24.6 Å². The van der Waals surface area contributed by atoms with Crippen molar-refractivity contribution in [3.05, 3.63) is 0 Å². The summed E-state index contributed by atoms with van der Waals surface area (Å²) < 4.78 is 0. The van der Waals surface area contributed by atoms with Gasteiger partial charge >= 0.3 is 0 Å². The van der Waals surface area contributed by atoms with E-state index in [4.69, 9.17) is 5.11 Å². The third-order valence-electron chi connectivity index (χ3n) is 2.90. The molecule has 0 amide bonds. The molecule has 0 radical (unpaired) electrons. The van der Waals surface area contributed by atoms with Crippen LogP contribution in [-0.2, 0) is 0 Å². The Bertz CT molecular complexity index is 152. The molecule has 0 aromatic carbocycles. The van der Waals surface area contributed by atoms with Crippen LogP contribution in [0.2, 0.25) is 0 Å². The predicted octanol–water partition coefficient (Wildman–Crippen LogP) is 1.78. The quantitative estimate of drug-likeness (QED) is 0.661. The second-order valence-electron chi connectivity index (χ2n) is 5.06. The van der Waals surface area contributed by atoms with Crippen LogP contribution in [0.1, 0.15) is 40.0 Å². The first-order valence-electron chi connectivity index (χ1n) is 5.43. The Balaban J connectivity index is 2.22. The zero-order chi connectivity index (χ0) is 9.90. The Labute approximate surface area is 81.7 Å². The summed E-state index contributed by atoms with van der Waals surface area (Å²) in [6, 6.07) is 0.686. The van der Waals surface area contributed by atoms with Crippen LogP contribution in [0.4, 0.5) is 0 Å². The number of hydrogen-bond acceptors (Lipinski definition) is 2. The van der Waals surface area contributed by atoms with E-state index in [2.05, 4.69) is 26.1 Å². The highest BCUT2D eigenvalue weighted by Gasteiger charge is 2.30. The van der Waals surface area contributed by atoms with Crippen LogP contribution >= 0.6 is 0 Å². The maximum Gasteiger partial charge on any atom is 0.0494 e. The molecule has 0 saturated heterocycles. The summed E-state index contributed by atoms with van der Waals surface area (Å²) in [6.07, 6.45) is 4.00. The smallest absolute Gasteiger partial charge is 0.0494 e. The van der Waals surface area contributed by atoms with Crippen molar-refractivity contribution in [2.75, 3.05) is 13.2 Å². The van der Waals surface area contributed by atoms with Gasteiger partial charge in [-0.05, 0) is 25.2 Å². The maximum atomic E-state index is 9.09.